The first-order valence-electron chi connectivity index (χ1n) is 7.36. The number of sulfonamides is 1. The van der Waals surface area contributed by atoms with Crippen LogP contribution in [-0.4, -0.2) is 73.2 Å². The molecule has 2 N–H and O–H groups in total. The highest BCUT2D eigenvalue weighted by atomic mass is 32.2. The van der Waals surface area contributed by atoms with Gasteiger partial charge in [0.1, 0.15) is 0 Å². The molecule has 2 amide bonds. The van der Waals surface area contributed by atoms with Crippen LogP contribution in [0.5, 0.6) is 0 Å². The number of amides is 2. The van der Waals surface area contributed by atoms with Gasteiger partial charge in [-0.15, -0.1) is 0 Å². The summed E-state index contributed by atoms with van der Waals surface area (Å²) in [5.74, 6) is -0.899. The average Bonchev–Trinajstić information content (AvgIpc) is 2.82. The van der Waals surface area contributed by atoms with Crippen LogP contribution in [0, 0.1) is 5.41 Å². The van der Waals surface area contributed by atoms with Crippen molar-refractivity contribution in [2.24, 2.45) is 5.41 Å². The lowest BCUT2D eigenvalue weighted by molar-refractivity contribution is -0.147. The van der Waals surface area contributed by atoms with Gasteiger partial charge in [-0.05, 0) is 26.2 Å². The van der Waals surface area contributed by atoms with Crippen LogP contribution < -0.4 is 5.32 Å². The number of carbonyl (C=O) groups excluding carboxylic acids is 1. The SMILES string of the molecule is CC1(C(=O)O)CCN(C(=O)NC2CCCN(S(C)(=O)=O)C2)C1. The second-order valence-electron chi connectivity index (χ2n) is 6.45. The van der Waals surface area contributed by atoms with Gasteiger partial charge in [0.05, 0.1) is 11.7 Å². The summed E-state index contributed by atoms with van der Waals surface area (Å²) in [5, 5.41) is 12.0. The summed E-state index contributed by atoms with van der Waals surface area (Å²) in [6.45, 7) is 2.96. The monoisotopic (exact) mass is 333 g/mol. The van der Waals surface area contributed by atoms with Crippen LogP contribution >= 0.6 is 0 Å². The molecule has 22 heavy (non-hydrogen) atoms. The van der Waals surface area contributed by atoms with Gasteiger partial charge in [-0.1, -0.05) is 0 Å². The number of piperidine rings is 1. The van der Waals surface area contributed by atoms with Crippen LogP contribution in [0.4, 0.5) is 4.79 Å². The lowest BCUT2D eigenvalue weighted by Gasteiger charge is -2.32. The Labute approximate surface area is 130 Å². The molecular weight excluding hydrogens is 310 g/mol. The molecule has 2 unspecified atom stereocenters. The van der Waals surface area contributed by atoms with Crippen molar-refractivity contribution >= 4 is 22.0 Å². The van der Waals surface area contributed by atoms with E-state index in [1.165, 1.54) is 9.21 Å². The molecule has 2 atom stereocenters. The molecular formula is C13H23N3O5S. The number of aliphatic carboxylic acids is 1. The summed E-state index contributed by atoms with van der Waals surface area (Å²) in [6, 6.07) is -0.544. The number of hydrogen-bond donors (Lipinski definition) is 2. The first-order chi connectivity index (χ1) is 10.1. The van der Waals surface area contributed by atoms with Gasteiger partial charge in [0.15, 0.2) is 0 Å². The molecule has 8 nitrogen and oxygen atoms in total. The number of hydrogen-bond acceptors (Lipinski definition) is 4. The Morgan fingerprint density at radius 2 is 2.00 bits per heavy atom. The fraction of sp³-hybridized carbons (Fsp3) is 0.846. The highest BCUT2D eigenvalue weighted by Gasteiger charge is 2.42. The first-order valence-corrected chi connectivity index (χ1v) is 9.21. The molecule has 0 saturated carbocycles. The minimum absolute atomic E-state index is 0.177. The number of carbonyl (C=O) groups is 2. The van der Waals surface area contributed by atoms with Crippen molar-refractivity contribution < 1.29 is 23.1 Å². The molecule has 126 valence electrons. The number of likely N-dealkylation sites (tertiary alicyclic amines) is 1. The zero-order valence-corrected chi connectivity index (χ0v) is 13.7. The van der Waals surface area contributed by atoms with Crippen molar-refractivity contribution in [3.05, 3.63) is 0 Å². The van der Waals surface area contributed by atoms with Gasteiger partial charge in [-0.25, -0.2) is 17.5 Å². The Morgan fingerprint density at radius 1 is 1.32 bits per heavy atom. The molecule has 0 radical (unpaired) electrons. The molecule has 0 aromatic carbocycles. The van der Waals surface area contributed by atoms with E-state index in [9.17, 15) is 23.1 Å². The maximum atomic E-state index is 12.2. The molecule has 2 saturated heterocycles. The summed E-state index contributed by atoms with van der Waals surface area (Å²) >= 11 is 0. The van der Waals surface area contributed by atoms with Gasteiger partial charge >= 0.3 is 12.0 Å². The van der Waals surface area contributed by atoms with Gasteiger partial charge in [0.25, 0.3) is 0 Å². The Morgan fingerprint density at radius 3 is 2.55 bits per heavy atom. The lowest BCUT2D eigenvalue weighted by Crippen LogP contribution is -2.52. The topological polar surface area (TPSA) is 107 Å². The smallest absolute Gasteiger partial charge is 0.317 e. The van der Waals surface area contributed by atoms with Crippen molar-refractivity contribution in [2.75, 3.05) is 32.4 Å². The van der Waals surface area contributed by atoms with E-state index >= 15 is 0 Å². The molecule has 2 fully saturated rings. The Balaban J connectivity index is 1.91. The highest BCUT2D eigenvalue weighted by Crippen LogP contribution is 2.30. The van der Waals surface area contributed by atoms with E-state index in [-0.39, 0.29) is 25.2 Å². The van der Waals surface area contributed by atoms with Crippen LogP contribution in [0.3, 0.4) is 0 Å². The minimum Gasteiger partial charge on any atom is -0.481 e. The fourth-order valence-electron chi connectivity index (χ4n) is 2.94. The van der Waals surface area contributed by atoms with E-state index in [0.29, 0.717) is 25.9 Å². The van der Waals surface area contributed by atoms with Crippen molar-refractivity contribution in [1.29, 1.82) is 0 Å². The third kappa shape index (κ3) is 3.70. The van der Waals surface area contributed by atoms with Crippen LogP contribution in [0.25, 0.3) is 0 Å². The predicted octanol–water partition coefficient (Wildman–Crippen LogP) is -0.0834. The van der Waals surface area contributed by atoms with Gasteiger partial charge in [-0.2, -0.15) is 0 Å². The second-order valence-corrected chi connectivity index (χ2v) is 8.43. The van der Waals surface area contributed by atoms with Crippen LogP contribution in [-0.2, 0) is 14.8 Å². The Hall–Kier alpha value is -1.35. The average molecular weight is 333 g/mol. The standard InChI is InChI=1S/C13H23N3O5S/c1-13(11(17)18)5-7-15(9-13)12(19)14-10-4-3-6-16(8-10)22(2,20)21/h10H,3-9H2,1-2H3,(H,14,19)(H,17,18). The maximum Gasteiger partial charge on any atom is 0.317 e. The molecule has 0 aromatic rings. The summed E-state index contributed by atoms with van der Waals surface area (Å²) in [4.78, 5) is 24.9. The van der Waals surface area contributed by atoms with E-state index in [1.807, 2.05) is 0 Å². The predicted molar refractivity (Wildman–Crippen MR) is 79.9 cm³/mol. The van der Waals surface area contributed by atoms with Crippen LogP contribution in [0.2, 0.25) is 0 Å². The molecule has 2 rings (SSSR count). The van der Waals surface area contributed by atoms with E-state index in [4.69, 9.17) is 0 Å². The van der Waals surface area contributed by atoms with Gasteiger partial charge < -0.3 is 15.3 Å². The van der Waals surface area contributed by atoms with Crippen molar-refractivity contribution in [2.45, 2.75) is 32.2 Å². The molecule has 0 aromatic heterocycles. The number of carboxylic acid groups (broad SMARTS) is 1. The normalized spacial score (nSPS) is 30.3. The molecule has 2 heterocycles. The molecule has 2 aliphatic rings. The lowest BCUT2D eigenvalue weighted by atomic mass is 9.90. The molecule has 0 bridgehead atoms. The minimum atomic E-state index is -3.25. The van der Waals surface area contributed by atoms with Gasteiger partial charge in [-0.3, -0.25) is 4.79 Å². The Kier molecular flexibility index (Phi) is 4.67. The quantitative estimate of drug-likeness (QED) is 0.751. The van der Waals surface area contributed by atoms with Crippen molar-refractivity contribution in [3.63, 3.8) is 0 Å². The summed E-state index contributed by atoms with van der Waals surface area (Å²) in [7, 11) is -3.25. The number of rotatable bonds is 3. The summed E-state index contributed by atoms with van der Waals surface area (Å²) in [6.07, 6.45) is 3.01. The van der Waals surface area contributed by atoms with Gasteiger partial charge in [0.2, 0.25) is 10.0 Å². The van der Waals surface area contributed by atoms with E-state index in [2.05, 4.69) is 5.32 Å². The van der Waals surface area contributed by atoms with E-state index in [1.54, 1.807) is 6.92 Å². The molecule has 0 aliphatic carbocycles. The third-order valence-electron chi connectivity index (χ3n) is 4.46. The van der Waals surface area contributed by atoms with Crippen LogP contribution in [0.15, 0.2) is 0 Å². The molecule has 2 aliphatic heterocycles. The summed E-state index contributed by atoms with van der Waals surface area (Å²) < 4.78 is 24.5. The fourth-order valence-corrected chi connectivity index (χ4v) is 3.85. The zero-order chi connectivity index (χ0) is 16.5. The highest BCUT2D eigenvalue weighted by molar-refractivity contribution is 7.88. The summed E-state index contributed by atoms with van der Waals surface area (Å²) in [5.41, 5.74) is -0.900. The van der Waals surface area contributed by atoms with Crippen molar-refractivity contribution in [1.82, 2.24) is 14.5 Å². The van der Waals surface area contributed by atoms with Gasteiger partial charge in [0, 0.05) is 32.2 Å². The zero-order valence-electron chi connectivity index (χ0n) is 12.9. The van der Waals surface area contributed by atoms with Crippen LogP contribution in [0.1, 0.15) is 26.2 Å². The number of nitrogens with zero attached hydrogens (tertiary/aromatic N) is 2. The largest absolute Gasteiger partial charge is 0.481 e. The van der Waals surface area contributed by atoms with E-state index in [0.717, 1.165) is 12.7 Å². The van der Waals surface area contributed by atoms with E-state index < -0.39 is 21.4 Å². The third-order valence-corrected chi connectivity index (χ3v) is 5.73. The molecule has 9 heteroatoms. The molecule has 0 spiro atoms. The van der Waals surface area contributed by atoms with Crippen molar-refractivity contribution in [3.8, 4) is 0 Å². The first kappa shape index (κ1) is 17.0. The Bertz CT molecular complexity index is 564. The number of urea groups is 1. The number of carboxylic acids is 1. The second kappa shape index (κ2) is 6.04. The number of nitrogens with one attached hydrogen (secondary N) is 1. The maximum absolute atomic E-state index is 12.2.